The second kappa shape index (κ2) is 13.5. The van der Waals surface area contributed by atoms with Crippen LogP contribution in [-0.2, 0) is 4.79 Å². The van der Waals surface area contributed by atoms with Crippen molar-refractivity contribution in [1.82, 2.24) is 25.2 Å². The first-order chi connectivity index (χ1) is 19.0. The molecule has 0 radical (unpaired) electrons. The fourth-order valence-electron chi connectivity index (χ4n) is 3.65. The van der Waals surface area contributed by atoms with Crippen LogP contribution in [0.5, 0.6) is 0 Å². The zero-order valence-electron chi connectivity index (χ0n) is 21.7. The SMILES string of the molecule is CCN(CC)CCNC(=O)c1ccc(Nc2cncc(-c3cc4ccccc4[nH]3)n2)cc1F.O=C(O)C(F)(F)F. The summed E-state index contributed by atoms with van der Waals surface area (Å²) in [6.07, 6.45) is -1.85. The maximum atomic E-state index is 14.6. The lowest BCUT2D eigenvalue weighted by Gasteiger charge is -2.18. The Morgan fingerprint density at radius 1 is 1.05 bits per heavy atom. The molecule has 2 aromatic heterocycles. The van der Waals surface area contributed by atoms with Gasteiger partial charge < -0.3 is 25.6 Å². The molecule has 4 aromatic rings. The first-order valence-corrected chi connectivity index (χ1v) is 12.3. The molecule has 0 aliphatic carbocycles. The summed E-state index contributed by atoms with van der Waals surface area (Å²) in [5.41, 5.74) is 3.02. The van der Waals surface area contributed by atoms with Gasteiger partial charge in [0.15, 0.2) is 0 Å². The minimum Gasteiger partial charge on any atom is -0.475 e. The fraction of sp³-hybridized carbons (Fsp3) is 0.259. The van der Waals surface area contributed by atoms with Crippen molar-refractivity contribution < 1.29 is 32.3 Å². The van der Waals surface area contributed by atoms with E-state index in [1.807, 2.05) is 30.3 Å². The standard InChI is InChI=1S/C25H27FN6O.C2HF3O2/c1-3-32(4-2)12-11-28-25(33)19-10-9-18(14-20(19)26)29-24-16-27-15-23(31-24)22-13-17-7-5-6-8-21(17)30-22;3-2(4,5)1(6)7/h5-10,13-16,30H,3-4,11-12H2,1-2H3,(H,28,33)(H,29,31);(H,6,7). The average molecular weight is 561 g/mol. The number of para-hydroxylation sites is 1. The highest BCUT2D eigenvalue weighted by Gasteiger charge is 2.38. The third kappa shape index (κ3) is 8.24. The largest absolute Gasteiger partial charge is 0.490 e. The van der Waals surface area contributed by atoms with Gasteiger partial charge in [-0.2, -0.15) is 13.2 Å². The van der Waals surface area contributed by atoms with E-state index in [2.05, 4.69) is 44.3 Å². The van der Waals surface area contributed by atoms with Crippen LogP contribution >= 0.6 is 0 Å². The van der Waals surface area contributed by atoms with Gasteiger partial charge in [0.25, 0.3) is 5.91 Å². The molecule has 0 fully saturated rings. The minimum atomic E-state index is -5.08. The summed E-state index contributed by atoms with van der Waals surface area (Å²) in [6.45, 7) is 7.15. The van der Waals surface area contributed by atoms with Gasteiger partial charge in [0.2, 0.25) is 0 Å². The molecule has 13 heteroatoms. The van der Waals surface area contributed by atoms with Crippen LogP contribution in [0.1, 0.15) is 24.2 Å². The van der Waals surface area contributed by atoms with E-state index in [0.717, 1.165) is 36.2 Å². The molecule has 0 aliphatic rings. The number of alkyl halides is 3. The van der Waals surface area contributed by atoms with Crippen LogP contribution in [0.25, 0.3) is 22.3 Å². The Labute approximate surface area is 227 Å². The van der Waals surface area contributed by atoms with E-state index in [-0.39, 0.29) is 5.56 Å². The molecule has 9 nitrogen and oxygen atoms in total. The van der Waals surface area contributed by atoms with Gasteiger partial charge in [-0.3, -0.25) is 9.78 Å². The molecule has 0 unspecified atom stereocenters. The summed E-state index contributed by atoms with van der Waals surface area (Å²) >= 11 is 0. The highest BCUT2D eigenvalue weighted by atomic mass is 19.4. The number of anilines is 2. The first kappa shape index (κ1) is 30.0. The Balaban J connectivity index is 0.000000559. The van der Waals surface area contributed by atoms with E-state index in [1.54, 1.807) is 18.5 Å². The third-order valence-electron chi connectivity index (χ3n) is 5.78. The smallest absolute Gasteiger partial charge is 0.475 e. The number of rotatable bonds is 9. The molecular weight excluding hydrogens is 532 g/mol. The summed E-state index contributed by atoms with van der Waals surface area (Å²) in [6, 6.07) is 14.4. The second-order valence-corrected chi connectivity index (χ2v) is 8.47. The Morgan fingerprint density at radius 2 is 1.75 bits per heavy atom. The number of carboxylic acids is 1. The topological polar surface area (TPSA) is 123 Å². The number of aromatic nitrogens is 3. The summed E-state index contributed by atoms with van der Waals surface area (Å²) in [4.78, 5) is 35.6. The number of likely N-dealkylation sites (N-methyl/N-ethyl adjacent to an activating group) is 1. The third-order valence-corrected chi connectivity index (χ3v) is 5.78. The van der Waals surface area contributed by atoms with Gasteiger partial charge in [-0.15, -0.1) is 0 Å². The number of benzene rings is 2. The van der Waals surface area contributed by atoms with Crippen molar-refractivity contribution >= 4 is 34.3 Å². The Kier molecular flexibility index (Phi) is 10.1. The van der Waals surface area contributed by atoms with Crippen molar-refractivity contribution in [2.75, 3.05) is 31.5 Å². The predicted octanol–water partition coefficient (Wildman–Crippen LogP) is 5.21. The van der Waals surface area contributed by atoms with E-state index in [9.17, 15) is 22.4 Å². The van der Waals surface area contributed by atoms with E-state index in [0.29, 0.717) is 23.7 Å². The van der Waals surface area contributed by atoms with Gasteiger partial charge in [-0.1, -0.05) is 32.0 Å². The number of aliphatic carboxylic acids is 1. The number of nitrogens with zero attached hydrogens (tertiary/aromatic N) is 3. The monoisotopic (exact) mass is 560 g/mol. The molecule has 4 rings (SSSR count). The molecule has 0 saturated heterocycles. The average Bonchev–Trinajstić information content (AvgIpc) is 3.36. The van der Waals surface area contributed by atoms with Crippen LogP contribution in [0.4, 0.5) is 29.1 Å². The van der Waals surface area contributed by atoms with Crippen molar-refractivity contribution in [3.63, 3.8) is 0 Å². The van der Waals surface area contributed by atoms with Crippen molar-refractivity contribution in [3.8, 4) is 11.4 Å². The molecule has 2 heterocycles. The summed E-state index contributed by atoms with van der Waals surface area (Å²) in [5, 5.41) is 14.0. The van der Waals surface area contributed by atoms with Gasteiger partial charge in [0.1, 0.15) is 17.3 Å². The summed E-state index contributed by atoms with van der Waals surface area (Å²) in [7, 11) is 0. The van der Waals surface area contributed by atoms with Gasteiger partial charge in [-0.25, -0.2) is 14.2 Å². The maximum absolute atomic E-state index is 14.6. The lowest BCUT2D eigenvalue weighted by molar-refractivity contribution is -0.192. The van der Waals surface area contributed by atoms with E-state index in [4.69, 9.17) is 9.90 Å². The van der Waals surface area contributed by atoms with E-state index in [1.165, 1.54) is 12.1 Å². The predicted molar refractivity (Wildman–Crippen MR) is 143 cm³/mol. The molecule has 40 heavy (non-hydrogen) atoms. The molecule has 0 bridgehead atoms. The van der Waals surface area contributed by atoms with Gasteiger partial charge in [0.05, 0.1) is 23.7 Å². The fourth-order valence-corrected chi connectivity index (χ4v) is 3.65. The number of hydrogen-bond acceptors (Lipinski definition) is 6. The van der Waals surface area contributed by atoms with Crippen LogP contribution in [0.2, 0.25) is 0 Å². The second-order valence-electron chi connectivity index (χ2n) is 8.47. The Hall–Kier alpha value is -4.52. The number of fused-ring (bicyclic) bond motifs is 1. The van der Waals surface area contributed by atoms with Crippen molar-refractivity contribution in [2.24, 2.45) is 0 Å². The lowest BCUT2D eigenvalue weighted by atomic mass is 10.1. The molecule has 1 amide bonds. The van der Waals surface area contributed by atoms with Gasteiger partial charge >= 0.3 is 12.1 Å². The number of H-pyrrole nitrogens is 1. The molecule has 0 saturated carbocycles. The molecular formula is C27H28F4N6O3. The zero-order chi connectivity index (χ0) is 29.3. The number of hydrogen-bond donors (Lipinski definition) is 4. The van der Waals surface area contributed by atoms with Crippen LogP contribution in [-0.4, -0.2) is 69.2 Å². The number of carboxylic acid groups (broad SMARTS) is 1. The van der Waals surface area contributed by atoms with Crippen LogP contribution < -0.4 is 10.6 Å². The number of nitrogens with one attached hydrogen (secondary N) is 3. The summed E-state index contributed by atoms with van der Waals surface area (Å²) in [5.74, 6) is -3.30. The van der Waals surface area contributed by atoms with Gasteiger partial charge in [0, 0.05) is 29.7 Å². The quantitative estimate of drug-likeness (QED) is 0.207. The van der Waals surface area contributed by atoms with Crippen molar-refractivity contribution in [2.45, 2.75) is 20.0 Å². The molecule has 0 aliphatic heterocycles. The number of halogens is 4. The van der Waals surface area contributed by atoms with Crippen molar-refractivity contribution in [1.29, 1.82) is 0 Å². The number of carbonyl (C=O) groups excluding carboxylic acids is 1. The maximum Gasteiger partial charge on any atom is 0.490 e. The van der Waals surface area contributed by atoms with Crippen LogP contribution in [0.15, 0.2) is 60.9 Å². The molecule has 2 aromatic carbocycles. The van der Waals surface area contributed by atoms with Crippen molar-refractivity contribution in [3.05, 3.63) is 72.3 Å². The first-order valence-electron chi connectivity index (χ1n) is 12.3. The Morgan fingerprint density at radius 3 is 2.38 bits per heavy atom. The minimum absolute atomic E-state index is 0.0120. The zero-order valence-corrected chi connectivity index (χ0v) is 21.7. The highest BCUT2D eigenvalue weighted by molar-refractivity contribution is 5.95. The Bertz CT molecular complexity index is 1420. The lowest BCUT2D eigenvalue weighted by Crippen LogP contribution is -2.35. The van der Waals surface area contributed by atoms with Crippen LogP contribution in [0.3, 0.4) is 0 Å². The number of amides is 1. The normalized spacial score (nSPS) is 11.2. The highest BCUT2D eigenvalue weighted by Crippen LogP contribution is 2.24. The number of carbonyl (C=O) groups is 2. The van der Waals surface area contributed by atoms with E-state index < -0.39 is 23.9 Å². The molecule has 4 N–H and O–H groups in total. The summed E-state index contributed by atoms with van der Waals surface area (Å²) < 4.78 is 46.4. The molecule has 0 atom stereocenters. The van der Waals surface area contributed by atoms with Crippen LogP contribution in [0, 0.1) is 5.82 Å². The molecule has 0 spiro atoms. The molecule has 212 valence electrons. The van der Waals surface area contributed by atoms with E-state index >= 15 is 0 Å². The van der Waals surface area contributed by atoms with Gasteiger partial charge in [-0.05, 0) is 43.4 Å². The number of aromatic amines is 1.